The summed E-state index contributed by atoms with van der Waals surface area (Å²) in [5.41, 5.74) is 3.71. The first kappa shape index (κ1) is 27.4. The summed E-state index contributed by atoms with van der Waals surface area (Å²) in [6.45, 7) is 0. The van der Waals surface area contributed by atoms with Gasteiger partial charge < -0.3 is 58.6 Å². The Bertz CT molecular complexity index is 1590. The van der Waals surface area contributed by atoms with Crippen LogP contribution in [0.5, 0.6) is 0 Å². The van der Waals surface area contributed by atoms with E-state index in [0.29, 0.717) is 11.4 Å². The smallest absolute Gasteiger partial charge is 0.274 e. The summed E-state index contributed by atoms with van der Waals surface area (Å²) in [4.78, 5) is 30.1. The standard InChI is InChI=1S/C27H21N5O2.2HI/c1-31-15-5-7-18-17-19(13-14-24(18)31)28-26(33)22-10-3-11-23(29-22)27(34)30-21-9-4-12-25-20(21)8-6-16-32(25)2;;/h3-17H,1-2H3;2*1H. The third kappa shape index (κ3) is 5.62. The lowest BCUT2D eigenvalue weighted by molar-refractivity contribution is -0.645. The van der Waals surface area contributed by atoms with Crippen LogP contribution >= 0.6 is 0 Å². The molecule has 0 aliphatic rings. The number of pyridine rings is 3. The topological polar surface area (TPSA) is 78.9 Å². The largest absolute Gasteiger partial charge is 1.00 e. The normalized spacial score (nSPS) is 10.3. The molecule has 5 aromatic rings. The molecule has 3 aromatic heterocycles. The molecule has 182 valence electrons. The van der Waals surface area contributed by atoms with Crippen molar-refractivity contribution in [2.75, 3.05) is 10.6 Å². The van der Waals surface area contributed by atoms with Gasteiger partial charge in [-0.25, -0.2) is 14.1 Å². The second-order valence-electron chi connectivity index (χ2n) is 8.07. The van der Waals surface area contributed by atoms with Gasteiger partial charge in [0.05, 0.1) is 11.1 Å². The highest BCUT2D eigenvalue weighted by atomic mass is 127. The summed E-state index contributed by atoms with van der Waals surface area (Å²) in [5.74, 6) is -0.765. The molecule has 0 saturated heterocycles. The molecule has 7 nitrogen and oxygen atoms in total. The van der Waals surface area contributed by atoms with Crippen LogP contribution in [0.25, 0.3) is 21.8 Å². The Kier molecular flexibility index (Phi) is 8.90. The molecule has 0 aliphatic heterocycles. The van der Waals surface area contributed by atoms with Crippen LogP contribution in [0.4, 0.5) is 11.4 Å². The molecule has 0 fully saturated rings. The number of fused-ring (bicyclic) bond motifs is 2. The lowest BCUT2D eigenvalue weighted by Gasteiger charge is -2.09. The SMILES string of the molecule is C[n+]1cccc2cc(NC(=O)c3cccc(C(=O)Nc4cccc5c4ccc[n+]5C)n3)ccc21.[I-].[I-]. The van der Waals surface area contributed by atoms with Crippen LogP contribution in [-0.4, -0.2) is 16.8 Å². The maximum absolute atomic E-state index is 12.9. The molecule has 0 aliphatic carbocycles. The van der Waals surface area contributed by atoms with Crippen molar-refractivity contribution in [1.29, 1.82) is 0 Å². The summed E-state index contributed by atoms with van der Waals surface area (Å²) in [6.07, 6.45) is 3.92. The second kappa shape index (κ2) is 11.7. The van der Waals surface area contributed by atoms with E-state index in [1.54, 1.807) is 18.2 Å². The Morgan fingerprint density at radius 3 is 2.08 bits per heavy atom. The third-order valence-electron chi connectivity index (χ3n) is 5.75. The van der Waals surface area contributed by atoms with Gasteiger partial charge in [-0.2, -0.15) is 0 Å². The number of hydrogen-bond acceptors (Lipinski definition) is 3. The lowest BCUT2D eigenvalue weighted by atomic mass is 10.1. The molecule has 2 aromatic carbocycles. The first-order chi connectivity index (χ1) is 16.5. The van der Waals surface area contributed by atoms with Gasteiger partial charge in [0.25, 0.3) is 11.8 Å². The van der Waals surface area contributed by atoms with Gasteiger partial charge in [-0.05, 0) is 42.5 Å². The van der Waals surface area contributed by atoms with Crippen LogP contribution in [-0.2, 0) is 14.1 Å². The van der Waals surface area contributed by atoms with Crippen LogP contribution in [0, 0.1) is 0 Å². The van der Waals surface area contributed by atoms with E-state index >= 15 is 0 Å². The van der Waals surface area contributed by atoms with Crippen LogP contribution in [0.15, 0.2) is 91.3 Å². The third-order valence-corrected chi connectivity index (χ3v) is 5.75. The zero-order valence-corrected chi connectivity index (χ0v) is 23.9. The van der Waals surface area contributed by atoms with Crippen molar-refractivity contribution in [3.63, 3.8) is 0 Å². The molecule has 0 spiro atoms. The number of nitrogens with zero attached hydrogens (tertiary/aromatic N) is 3. The number of carbonyl (C=O) groups is 2. The maximum Gasteiger partial charge on any atom is 0.274 e. The van der Waals surface area contributed by atoms with E-state index < -0.39 is 0 Å². The molecule has 3 heterocycles. The van der Waals surface area contributed by atoms with Crippen LogP contribution in [0.3, 0.4) is 0 Å². The Labute approximate surface area is 242 Å². The number of halogens is 2. The fourth-order valence-corrected chi connectivity index (χ4v) is 4.01. The number of rotatable bonds is 4. The Morgan fingerprint density at radius 1 is 0.694 bits per heavy atom. The van der Waals surface area contributed by atoms with E-state index in [9.17, 15) is 9.59 Å². The number of aryl methyl sites for hydroxylation is 2. The van der Waals surface area contributed by atoms with Crippen LogP contribution in [0.2, 0.25) is 0 Å². The number of aromatic nitrogens is 3. The highest BCUT2D eigenvalue weighted by molar-refractivity contribution is 6.09. The fourth-order valence-electron chi connectivity index (χ4n) is 4.01. The summed E-state index contributed by atoms with van der Waals surface area (Å²) in [7, 11) is 3.92. The number of anilines is 2. The molecule has 0 atom stereocenters. The van der Waals surface area contributed by atoms with Crippen molar-refractivity contribution < 1.29 is 66.7 Å². The van der Waals surface area contributed by atoms with Crippen molar-refractivity contribution >= 4 is 45.0 Å². The van der Waals surface area contributed by atoms with E-state index in [1.165, 1.54) is 0 Å². The van der Waals surface area contributed by atoms with Crippen LogP contribution in [0.1, 0.15) is 21.0 Å². The molecule has 2 amide bonds. The Morgan fingerprint density at radius 2 is 1.33 bits per heavy atom. The molecule has 5 rings (SSSR count). The summed E-state index contributed by atoms with van der Waals surface area (Å²) in [6, 6.07) is 24.1. The van der Waals surface area contributed by atoms with E-state index in [2.05, 4.69) is 15.6 Å². The number of hydrogen-bond donors (Lipinski definition) is 2. The minimum absolute atomic E-state index is 0. The first-order valence-electron chi connectivity index (χ1n) is 10.9. The van der Waals surface area contributed by atoms with Gasteiger partial charge >= 0.3 is 0 Å². The molecule has 36 heavy (non-hydrogen) atoms. The molecule has 2 N–H and O–H groups in total. The fraction of sp³-hybridized carbons (Fsp3) is 0.0741. The zero-order valence-electron chi connectivity index (χ0n) is 19.6. The minimum Gasteiger partial charge on any atom is -1.00 e. The number of benzene rings is 2. The van der Waals surface area contributed by atoms with E-state index in [1.807, 2.05) is 96.3 Å². The number of nitrogens with one attached hydrogen (secondary N) is 2. The Hall–Kier alpha value is -3.19. The predicted molar refractivity (Wildman–Crippen MR) is 130 cm³/mol. The second-order valence-corrected chi connectivity index (χ2v) is 8.07. The van der Waals surface area contributed by atoms with E-state index in [-0.39, 0.29) is 71.2 Å². The molecule has 0 saturated carbocycles. The molecule has 9 heteroatoms. The molecular formula is C27H23I2N5O2. The number of amides is 2. The molecular weight excluding hydrogens is 680 g/mol. The maximum atomic E-state index is 12.9. The molecule has 0 bridgehead atoms. The van der Waals surface area contributed by atoms with Crippen LogP contribution < -0.4 is 67.7 Å². The van der Waals surface area contributed by atoms with Gasteiger partial charge in [-0.15, -0.1) is 0 Å². The van der Waals surface area contributed by atoms with Gasteiger partial charge in [0.1, 0.15) is 25.5 Å². The molecule has 0 radical (unpaired) electrons. The summed E-state index contributed by atoms with van der Waals surface area (Å²) >= 11 is 0. The van der Waals surface area contributed by atoms with Crippen molar-refractivity contribution in [2.45, 2.75) is 0 Å². The van der Waals surface area contributed by atoms with Gasteiger partial charge in [-0.3, -0.25) is 9.59 Å². The van der Waals surface area contributed by atoms with Gasteiger partial charge in [0.2, 0.25) is 11.0 Å². The van der Waals surface area contributed by atoms with E-state index in [0.717, 1.165) is 21.8 Å². The van der Waals surface area contributed by atoms with Crippen molar-refractivity contribution in [3.8, 4) is 0 Å². The predicted octanol–water partition coefficient (Wildman–Crippen LogP) is -2.45. The van der Waals surface area contributed by atoms with Crippen molar-refractivity contribution in [3.05, 3.63) is 103 Å². The van der Waals surface area contributed by atoms with Gasteiger partial charge in [0, 0.05) is 35.3 Å². The Balaban J connectivity index is 0.00000180. The zero-order chi connectivity index (χ0) is 23.7. The quantitative estimate of drug-likeness (QED) is 0.161. The molecule has 0 unspecified atom stereocenters. The van der Waals surface area contributed by atoms with Crippen molar-refractivity contribution in [2.24, 2.45) is 14.1 Å². The average Bonchev–Trinajstić information content (AvgIpc) is 2.85. The van der Waals surface area contributed by atoms with Gasteiger partial charge in [-0.1, -0.05) is 12.1 Å². The highest BCUT2D eigenvalue weighted by Crippen LogP contribution is 2.21. The van der Waals surface area contributed by atoms with E-state index in [4.69, 9.17) is 0 Å². The van der Waals surface area contributed by atoms with Gasteiger partial charge in [0.15, 0.2) is 12.4 Å². The highest BCUT2D eigenvalue weighted by Gasteiger charge is 2.16. The summed E-state index contributed by atoms with van der Waals surface area (Å²) < 4.78 is 4.00. The number of carbonyl (C=O) groups excluding carboxylic acids is 2. The first-order valence-corrected chi connectivity index (χ1v) is 10.9. The van der Waals surface area contributed by atoms with Crippen molar-refractivity contribution in [1.82, 2.24) is 4.98 Å². The average molecular weight is 703 g/mol. The lowest BCUT2D eigenvalue weighted by Crippen LogP contribution is -3.00. The minimum atomic E-state index is -0.383. The monoisotopic (exact) mass is 703 g/mol. The summed E-state index contributed by atoms with van der Waals surface area (Å²) in [5, 5.41) is 7.71.